The van der Waals surface area contributed by atoms with Crippen LogP contribution in [-0.2, 0) is 9.59 Å². The van der Waals surface area contributed by atoms with Gasteiger partial charge in [-0.3, -0.25) is 24.6 Å². The molecule has 0 aliphatic rings. The van der Waals surface area contributed by atoms with Crippen molar-refractivity contribution < 1.29 is 19.2 Å². The van der Waals surface area contributed by atoms with E-state index in [0.717, 1.165) is 0 Å². The van der Waals surface area contributed by atoms with E-state index in [0.29, 0.717) is 18.0 Å². The Morgan fingerprint density at radius 3 is 2.14 bits per heavy atom. The van der Waals surface area contributed by atoms with Crippen LogP contribution in [0.2, 0.25) is 5.02 Å². The zero-order valence-corrected chi connectivity index (χ0v) is 16.7. The summed E-state index contributed by atoms with van der Waals surface area (Å²) in [6.07, 6.45) is 0. The first kappa shape index (κ1) is 22.1. The predicted molar refractivity (Wildman–Crippen MR) is 110 cm³/mol. The molecule has 154 valence electrons. The maximum Gasteiger partial charge on any atom is 0.289 e. The lowest BCUT2D eigenvalue weighted by Crippen LogP contribution is -2.38. The molecule has 0 saturated heterocycles. The summed E-state index contributed by atoms with van der Waals surface area (Å²) in [4.78, 5) is 36.4. The Labute approximate surface area is 172 Å². The number of hydrogen-bond acceptors (Lipinski definition) is 6. The fraction of sp³-hybridized carbons (Fsp3) is 0.263. The maximum atomic E-state index is 12.3. The van der Waals surface area contributed by atoms with Crippen LogP contribution in [0.3, 0.4) is 0 Å². The van der Waals surface area contributed by atoms with Crippen molar-refractivity contribution in [1.82, 2.24) is 4.90 Å². The van der Waals surface area contributed by atoms with Crippen molar-refractivity contribution in [2.45, 2.75) is 6.92 Å². The van der Waals surface area contributed by atoms with E-state index in [9.17, 15) is 19.7 Å². The van der Waals surface area contributed by atoms with Gasteiger partial charge < -0.3 is 15.4 Å². The highest BCUT2D eigenvalue weighted by atomic mass is 35.5. The van der Waals surface area contributed by atoms with Crippen LogP contribution in [0.1, 0.15) is 6.92 Å². The van der Waals surface area contributed by atoms with Gasteiger partial charge in [0.1, 0.15) is 10.8 Å². The van der Waals surface area contributed by atoms with Crippen LogP contribution in [0.15, 0.2) is 42.5 Å². The first-order valence-corrected chi connectivity index (χ1v) is 9.10. The molecule has 2 amide bonds. The van der Waals surface area contributed by atoms with Crippen molar-refractivity contribution in [2.75, 3.05) is 37.4 Å². The summed E-state index contributed by atoms with van der Waals surface area (Å²) in [6, 6.07) is 10.9. The molecule has 0 spiro atoms. The van der Waals surface area contributed by atoms with E-state index in [1.165, 1.54) is 18.2 Å². The van der Waals surface area contributed by atoms with E-state index >= 15 is 0 Å². The number of methoxy groups -OCH3 is 1. The molecular formula is C19H21ClN4O5. The topological polar surface area (TPSA) is 114 Å². The number of anilines is 2. The zero-order valence-electron chi connectivity index (χ0n) is 16.0. The number of benzene rings is 2. The van der Waals surface area contributed by atoms with Crippen LogP contribution in [0.25, 0.3) is 0 Å². The van der Waals surface area contributed by atoms with Crippen molar-refractivity contribution >= 4 is 40.5 Å². The minimum absolute atomic E-state index is 0.0106. The first-order chi connectivity index (χ1) is 13.8. The van der Waals surface area contributed by atoms with E-state index in [-0.39, 0.29) is 35.4 Å². The van der Waals surface area contributed by atoms with Gasteiger partial charge in [0.2, 0.25) is 11.8 Å². The molecule has 29 heavy (non-hydrogen) atoms. The van der Waals surface area contributed by atoms with Gasteiger partial charge in [-0.05, 0) is 42.9 Å². The molecule has 0 radical (unpaired) electrons. The molecule has 0 heterocycles. The molecular weight excluding hydrogens is 400 g/mol. The van der Waals surface area contributed by atoms with E-state index in [2.05, 4.69) is 10.6 Å². The lowest BCUT2D eigenvalue weighted by molar-refractivity contribution is -0.384. The highest BCUT2D eigenvalue weighted by Gasteiger charge is 2.16. The SMILES string of the molecule is CCN(CC(=O)Nc1ccc(OC)cc1)CC(=O)Nc1ccc(Cl)c([N+](=O)[O-])c1. The minimum atomic E-state index is -0.625. The third kappa shape index (κ3) is 6.74. The summed E-state index contributed by atoms with van der Waals surface area (Å²) in [6.45, 7) is 2.24. The predicted octanol–water partition coefficient (Wildman–Crippen LogP) is 3.16. The van der Waals surface area contributed by atoms with Gasteiger partial charge in [-0.2, -0.15) is 0 Å². The number of carbonyl (C=O) groups excluding carboxylic acids is 2. The molecule has 2 rings (SSSR count). The van der Waals surface area contributed by atoms with Crippen molar-refractivity contribution in [2.24, 2.45) is 0 Å². The average molecular weight is 421 g/mol. The molecule has 2 aromatic rings. The van der Waals surface area contributed by atoms with Crippen molar-refractivity contribution in [3.8, 4) is 5.75 Å². The smallest absolute Gasteiger partial charge is 0.289 e. The zero-order chi connectivity index (χ0) is 21.4. The Morgan fingerprint density at radius 1 is 1.07 bits per heavy atom. The van der Waals surface area contributed by atoms with Gasteiger partial charge in [-0.25, -0.2) is 0 Å². The highest BCUT2D eigenvalue weighted by Crippen LogP contribution is 2.27. The van der Waals surface area contributed by atoms with Gasteiger partial charge in [0.05, 0.1) is 25.1 Å². The normalized spacial score (nSPS) is 10.5. The second-order valence-electron chi connectivity index (χ2n) is 6.05. The molecule has 0 bridgehead atoms. The molecule has 2 N–H and O–H groups in total. The Balaban J connectivity index is 1.91. The van der Waals surface area contributed by atoms with Gasteiger partial charge in [-0.1, -0.05) is 18.5 Å². The minimum Gasteiger partial charge on any atom is -0.497 e. The van der Waals surface area contributed by atoms with Gasteiger partial charge in [0, 0.05) is 17.4 Å². The van der Waals surface area contributed by atoms with Crippen LogP contribution in [-0.4, -0.2) is 48.4 Å². The number of ether oxygens (including phenoxy) is 1. The molecule has 0 unspecified atom stereocenters. The first-order valence-electron chi connectivity index (χ1n) is 8.72. The molecule has 2 aromatic carbocycles. The lowest BCUT2D eigenvalue weighted by Gasteiger charge is -2.19. The van der Waals surface area contributed by atoms with Crippen LogP contribution >= 0.6 is 11.6 Å². The number of halogens is 1. The Kier molecular flexibility index (Phi) is 7.93. The lowest BCUT2D eigenvalue weighted by atomic mass is 10.2. The number of likely N-dealkylation sites (N-methyl/N-ethyl adjacent to an activating group) is 1. The van der Waals surface area contributed by atoms with Crippen LogP contribution in [0, 0.1) is 10.1 Å². The number of nitrogens with one attached hydrogen (secondary N) is 2. The van der Waals surface area contributed by atoms with E-state index < -0.39 is 10.8 Å². The fourth-order valence-corrected chi connectivity index (χ4v) is 2.68. The summed E-state index contributed by atoms with van der Waals surface area (Å²) in [5.41, 5.74) is 0.574. The number of hydrogen-bond donors (Lipinski definition) is 2. The number of carbonyl (C=O) groups is 2. The van der Waals surface area contributed by atoms with E-state index in [1.807, 2.05) is 6.92 Å². The van der Waals surface area contributed by atoms with E-state index in [1.54, 1.807) is 36.3 Å². The Bertz CT molecular complexity index is 889. The summed E-state index contributed by atoms with van der Waals surface area (Å²) in [5.74, 6) is 0.00459. The van der Waals surface area contributed by atoms with Crippen LogP contribution in [0.4, 0.5) is 17.1 Å². The van der Waals surface area contributed by atoms with Crippen LogP contribution < -0.4 is 15.4 Å². The Morgan fingerprint density at radius 2 is 1.62 bits per heavy atom. The fourth-order valence-electron chi connectivity index (χ4n) is 2.49. The summed E-state index contributed by atoms with van der Waals surface area (Å²) >= 11 is 5.76. The average Bonchev–Trinajstić information content (AvgIpc) is 2.69. The molecule has 0 aromatic heterocycles. The molecule has 0 saturated carbocycles. The molecule has 0 aliphatic heterocycles. The Hall–Kier alpha value is -3.17. The van der Waals surface area contributed by atoms with Gasteiger partial charge in [0.25, 0.3) is 5.69 Å². The molecule has 0 atom stereocenters. The van der Waals surface area contributed by atoms with Crippen molar-refractivity contribution in [1.29, 1.82) is 0 Å². The molecule has 9 nitrogen and oxygen atoms in total. The number of nitrogens with zero attached hydrogens (tertiary/aromatic N) is 2. The van der Waals surface area contributed by atoms with Gasteiger partial charge in [-0.15, -0.1) is 0 Å². The van der Waals surface area contributed by atoms with Crippen molar-refractivity contribution in [3.63, 3.8) is 0 Å². The summed E-state index contributed by atoms with van der Waals surface area (Å²) in [7, 11) is 1.56. The number of rotatable bonds is 9. The van der Waals surface area contributed by atoms with Crippen LogP contribution in [0.5, 0.6) is 5.75 Å². The third-order valence-electron chi connectivity index (χ3n) is 3.98. The summed E-state index contributed by atoms with van der Waals surface area (Å²) in [5, 5.41) is 16.2. The third-order valence-corrected chi connectivity index (χ3v) is 4.30. The largest absolute Gasteiger partial charge is 0.497 e. The maximum absolute atomic E-state index is 12.3. The molecule has 0 aliphatic carbocycles. The van der Waals surface area contributed by atoms with E-state index in [4.69, 9.17) is 16.3 Å². The highest BCUT2D eigenvalue weighted by molar-refractivity contribution is 6.32. The summed E-state index contributed by atoms with van der Waals surface area (Å²) < 4.78 is 5.07. The van der Waals surface area contributed by atoms with Gasteiger partial charge in [0.15, 0.2) is 0 Å². The van der Waals surface area contributed by atoms with Crippen molar-refractivity contribution in [3.05, 3.63) is 57.6 Å². The monoisotopic (exact) mass is 420 g/mol. The number of amides is 2. The second kappa shape index (κ2) is 10.4. The quantitative estimate of drug-likeness (QED) is 0.475. The molecule has 10 heteroatoms. The number of nitro benzene ring substituents is 1. The second-order valence-corrected chi connectivity index (χ2v) is 6.46. The number of nitro groups is 1. The molecule has 0 fully saturated rings. The standard InChI is InChI=1S/C19H21ClN4O5/c1-3-23(11-18(25)21-13-4-7-15(29-2)8-5-13)12-19(26)22-14-6-9-16(20)17(10-14)24(27)28/h4-10H,3,11-12H2,1-2H3,(H,21,25)(H,22,26). The van der Waals surface area contributed by atoms with Gasteiger partial charge >= 0.3 is 0 Å².